The van der Waals surface area contributed by atoms with E-state index in [1.807, 2.05) is 6.07 Å². The minimum Gasteiger partial charge on any atom is -0.322 e. The third-order valence-corrected chi connectivity index (χ3v) is 2.56. The predicted molar refractivity (Wildman–Crippen MR) is 62.1 cm³/mol. The normalized spacial score (nSPS) is 11.1. The number of hydrogen-bond donors (Lipinski definition) is 0. The van der Waals surface area contributed by atoms with Gasteiger partial charge in [0.15, 0.2) is 0 Å². The number of nitro groups is 1. The molecule has 0 unspecified atom stereocenters. The molecule has 8 heteroatoms. The van der Waals surface area contributed by atoms with Crippen LogP contribution < -0.4 is 0 Å². The molecule has 102 valence electrons. The predicted octanol–water partition coefficient (Wildman–Crippen LogP) is 3.28. The zero-order chi connectivity index (χ0) is 14.9. The molecule has 0 aliphatic heterocycles. The molecule has 2 rings (SSSR count). The zero-order valence-corrected chi connectivity index (χ0v) is 9.76. The van der Waals surface area contributed by atoms with Crippen molar-refractivity contribution in [1.29, 1.82) is 5.26 Å². The van der Waals surface area contributed by atoms with Gasteiger partial charge in [-0.25, -0.2) is 0 Å². The molecule has 1 aromatic heterocycles. The Morgan fingerprint density at radius 3 is 2.50 bits per heavy atom. The van der Waals surface area contributed by atoms with Crippen LogP contribution in [0.4, 0.5) is 18.9 Å². The maximum atomic E-state index is 12.7. The van der Waals surface area contributed by atoms with Crippen molar-refractivity contribution in [3.8, 4) is 11.8 Å². The molecule has 0 saturated carbocycles. The van der Waals surface area contributed by atoms with E-state index < -0.39 is 22.4 Å². The quantitative estimate of drug-likeness (QED) is 0.626. The van der Waals surface area contributed by atoms with Crippen molar-refractivity contribution in [2.75, 3.05) is 0 Å². The SMILES string of the molecule is N#Cc1ccn(-c2cc([N+](=O)[O-])cc(C(F)(F)F)c2)c1. The van der Waals surface area contributed by atoms with Crippen LogP contribution in [-0.4, -0.2) is 9.49 Å². The summed E-state index contributed by atoms with van der Waals surface area (Å²) in [7, 11) is 0. The van der Waals surface area contributed by atoms with Crippen molar-refractivity contribution >= 4 is 5.69 Å². The Balaban J connectivity index is 2.61. The number of halogens is 3. The molecule has 0 aliphatic rings. The topological polar surface area (TPSA) is 71.9 Å². The maximum Gasteiger partial charge on any atom is 0.416 e. The van der Waals surface area contributed by atoms with Gasteiger partial charge in [-0.15, -0.1) is 0 Å². The van der Waals surface area contributed by atoms with Gasteiger partial charge in [0, 0.05) is 24.5 Å². The Hall–Kier alpha value is -2.82. The molecular formula is C12H6F3N3O2. The second-order valence-corrected chi connectivity index (χ2v) is 3.91. The van der Waals surface area contributed by atoms with E-state index in [-0.39, 0.29) is 11.3 Å². The molecule has 1 heterocycles. The number of benzene rings is 1. The number of non-ortho nitro benzene ring substituents is 1. The summed E-state index contributed by atoms with van der Waals surface area (Å²) in [5.74, 6) is 0. The molecule has 1 aromatic carbocycles. The molecule has 0 bridgehead atoms. The first-order valence-electron chi connectivity index (χ1n) is 5.26. The lowest BCUT2D eigenvalue weighted by Gasteiger charge is -2.09. The Labute approximate surface area is 110 Å². The van der Waals surface area contributed by atoms with Crippen molar-refractivity contribution in [3.05, 3.63) is 57.9 Å². The fraction of sp³-hybridized carbons (Fsp3) is 0.0833. The summed E-state index contributed by atoms with van der Waals surface area (Å²) in [5.41, 5.74) is -1.57. The summed E-state index contributed by atoms with van der Waals surface area (Å²) in [6, 6.07) is 5.48. The summed E-state index contributed by atoms with van der Waals surface area (Å²) in [4.78, 5) is 9.81. The van der Waals surface area contributed by atoms with E-state index in [0.717, 1.165) is 12.1 Å². The van der Waals surface area contributed by atoms with Gasteiger partial charge in [0.2, 0.25) is 0 Å². The molecule has 0 saturated heterocycles. The van der Waals surface area contributed by atoms with E-state index in [0.29, 0.717) is 6.07 Å². The summed E-state index contributed by atoms with van der Waals surface area (Å²) in [5, 5.41) is 19.4. The van der Waals surface area contributed by atoms with Crippen molar-refractivity contribution in [2.45, 2.75) is 6.18 Å². The van der Waals surface area contributed by atoms with Gasteiger partial charge in [0.25, 0.3) is 5.69 Å². The molecule has 5 nitrogen and oxygen atoms in total. The minimum atomic E-state index is -4.69. The van der Waals surface area contributed by atoms with Gasteiger partial charge in [-0.2, -0.15) is 18.4 Å². The molecule has 20 heavy (non-hydrogen) atoms. The first kappa shape index (κ1) is 13.6. The largest absolute Gasteiger partial charge is 0.416 e. The third kappa shape index (κ3) is 2.61. The maximum absolute atomic E-state index is 12.7. The number of alkyl halides is 3. The van der Waals surface area contributed by atoms with E-state index in [1.54, 1.807) is 0 Å². The Morgan fingerprint density at radius 2 is 2.00 bits per heavy atom. The monoisotopic (exact) mass is 281 g/mol. The van der Waals surface area contributed by atoms with Crippen molar-refractivity contribution < 1.29 is 18.1 Å². The summed E-state index contributed by atoms with van der Waals surface area (Å²) in [6.07, 6.45) is -2.04. The van der Waals surface area contributed by atoms with Crippen LogP contribution in [-0.2, 0) is 6.18 Å². The van der Waals surface area contributed by atoms with E-state index >= 15 is 0 Å². The molecule has 0 radical (unpaired) electrons. The summed E-state index contributed by atoms with van der Waals surface area (Å²) in [6.45, 7) is 0. The lowest BCUT2D eigenvalue weighted by molar-refractivity contribution is -0.385. The number of nitro benzene ring substituents is 1. The van der Waals surface area contributed by atoms with Crippen LogP contribution in [0.2, 0.25) is 0 Å². The highest BCUT2D eigenvalue weighted by Gasteiger charge is 2.33. The van der Waals surface area contributed by atoms with Crippen LogP contribution >= 0.6 is 0 Å². The fourth-order valence-corrected chi connectivity index (χ4v) is 1.64. The van der Waals surface area contributed by atoms with Crippen LogP contribution in [0.3, 0.4) is 0 Å². The van der Waals surface area contributed by atoms with E-state index in [2.05, 4.69) is 0 Å². The number of nitrogens with zero attached hydrogens (tertiary/aromatic N) is 3. The average molecular weight is 281 g/mol. The summed E-state index contributed by atoms with van der Waals surface area (Å²) < 4.78 is 39.4. The van der Waals surface area contributed by atoms with Crippen LogP contribution in [0.25, 0.3) is 5.69 Å². The second-order valence-electron chi connectivity index (χ2n) is 3.91. The number of aromatic nitrogens is 1. The highest BCUT2D eigenvalue weighted by atomic mass is 19.4. The van der Waals surface area contributed by atoms with Gasteiger partial charge >= 0.3 is 6.18 Å². The number of hydrogen-bond acceptors (Lipinski definition) is 3. The molecule has 0 aliphatic carbocycles. The Bertz CT molecular complexity index is 713. The number of nitriles is 1. The summed E-state index contributed by atoms with van der Waals surface area (Å²) >= 11 is 0. The lowest BCUT2D eigenvalue weighted by Crippen LogP contribution is -2.07. The van der Waals surface area contributed by atoms with E-state index in [9.17, 15) is 23.3 Å². The Kier molecular flexibility index (Phi) is 3.19. The third-order valence-electron chi connectivity index (χ3n) is 2.56. The van der Waals surface area contributed by atoms with Crippen molar-refractivity contribution in [2.24, 2.45) is 0 Å². The van der Waals surface area contributed by atoms with Crippen molar-refractivity contribution in [3.63, 3.8) is 0 Å². The van der Waals surface area contributed by atoms with Gasteiger partial charge < -0.3 is 4.57 Å². The van der Waals surface area contributed by atoms with Gasteiger partial charge in [-0.1, -0.05) is 0 Å². The molecule has 0 atom stereocenters. The van der Waals surface area contributed by atoms with Crippen LogP contribution in [0.1, 0.15) is 11.1 Å². The minimum absolute atomic E-state index is 0.0342. The lowest BCUT2D eigenvalue weighted by atomic mass is 10.1. The van der Waals surface area contributed by atoms with Gasteiger partial charge in [-0.3, -0.25) is 10.1 Å². The van der Waals surface area contributed by atoms with Crippen LogP contribution in [0.5, 0.6) is 0 Å². The van der Waals surface area contributed by atoms with E-state index in [4.69, 9.17) is 5.26 Å². The molecule has 0 N–H and O–H groups in total. The molecule has 0 fully saturated rings. The highest BCUT2D eigenvalue weighted by Crippen LogP contribution is 2.33. The van der Waals surface area contributed by atoms with Gasteiger partial charge in [-0.05, 0) is 12.1 Å². The van der Waals surface area contributed by atoms with Crippen LogP contribution in [0.15, 0.2) is 36.7 Å². The first-order valence-corrected chi connectivity index (χ1v) is 5.26. The average Bonchev–Trinajstić information content (AvgIpc) is 2.86. The first-order chi connectivity index (χ1) is 9.31. The van der Waals surface area contributed by atoms with Gasteiger partial charge in [0.1, 0.15) is 6.07 Å². The van der Waals surface area contributed by atoms with Crippen LogP contribution in [0, 0.1) is 21.4 Å². The fourth-order valence-electron chi connectivity index (χ4n) is 1.64. The highest BCUT2D eigenvalue weighted by molar-refractivity contribution is 5.49. The van der Waals surface area contributed by atoms with Crippen molar-refractivity contribution in [1.82, 2.24) is 4.57 Å². The van der Waals surface area contributed by atoms with E-state index in [1.165, 1.54) is 23.0 Å². The Morgan fingerprint density at radius 1 is 1.30 bits per heavy atom. The standard InChI is InChI=1S/C12H6F3N3O2/c13-12(14,15)9-3-10(5-11(4-9)18(19)20)17-2-1-8(6-16)7-17/h1-5,7H. The smallest absolute Gasteiger partial charge is 0.322 e. The molecule has 2 aromatic rings. The molecule has 0 amide bonds. The second kappa shape index (κ2) is 4.70. The van der Waals surface area contributed by atoms with Gasteiger partial charge in [0.05, 0.1) is 21.7 Å². The molecular weight excluding hydrogens is 275 g/mol. The molecule has 0 spiro atoms. The number of rotatable bonds is 2. The zero-order valence-electron chi connectivity index (χ0n) is 9.76.